The lowest BCUT2D eigenvalue weighted by atomic mass is 9.96. The molecule has 0 N–H and O–H groups in total. The lowest BCUT2D eigenvalue weighted by Gasteiger charge is -2.30. The number of halogens is 4. The van der Waals surface area contributed by atoms with Gasteiger partial charge in [-0.2, -0.15) is 13.2 Å². The van der Waals surface area contributed by atoms with Crippen LogP contribution in [-0.2, 0) is 17.4 Å². The molecule has 9 heteroatoms. The third-order valence-electron chi connectivity index (χ3n) is 4.18. The third-order valence-corrected chi connectivity index (χ3v) is 4.55. The Bertz CT molecular complexity index is 755. The maximum absolute atomic E-state index is 12.5. The molecule has 0 bridgehead atoms. The van der Waals surface area contributed by atoms with Gasteiger partial charge in [-0.15, -0.1) is 10.2 Å². The number of benzene rings is 1. The van der Waals surface area contributed by atoms with Gasteiger partial charge in [0.05, 0.1) is 6.42 Å². The Morgan fingerprint density at radius 2 is 1.92 bits per heavy atom. The quantitative estimate of drug-likeness (QED) is 0.823. The normalized spacial score (nSPS) is 16.2. The topological polar surface area (TPSA) is 59.2 Å². The number of alkyl halides is 3. The summed E-state index contributed by atoms with van der Waals surface area (Å²) >= 11 is 6.06. The van der Waals surface area contributed by atoms with Crippen LogP contribution in [0.4, 0.5) is 13.2 Å². The highest BCUT2D eigenvalue weighted by molar-refractivity contribution is 6.31. The highest BCUT2D eigenvalue weighted by atomic mass is 35.5. The van der Waals surface area contributed by atoms with Crippen LogP contribution >= 0.6 is 11.6 Å². The summed E-state index contributed by atoms with van der Waals surface area (Å²) in [6, 6.07) is 7.13. The zero-order valence-electron chi connectivity index (χ0n) is 13.1. The second-order valence-electron chi connectivity index (χ2n) is 5.87. The van der Waals surface area contributed by atoms with Gasteiger partial charge in [-0.1, -0.05) is 29.8 Å². The molecule has 1 fully saturated rings. The number of carbonyl (C=O) groups excluding carboxylic acids is 1. The monoisotopic (exact) mass is 373 g/mol. The minimum Gasteiger partial charge on any atom is -0.417 e. The summed E-state index contributed by atoms with van der Waals surface area (Å²) in [5.74, 6) is -1.69. The molecule has 2 heterocycles. The zero-order chi connectivity index (χ0) is 18.0. The summed E-state index contributed by atoms with van der Waals surface area (Å²) in [5, 5.41) is 7.08. The molecule has 2 aromatic rings. The molecule has 5 nitrogen and oxygen atoms in total. The van der Waals surface area contributed by atoms with Gasteiger partial charge in [-0.25, -0.2) is 0 Å². The Hall–Kier alpha value is -2.09. The van der Waals surface area contributed by atoms with Crippen molar-refractivity contribution >= 4 is 17.5 Å². The predicted octanol–water partition coefficient (Wildman–Crippen LogP) is 3.69. The van der Waals surface area contributed by atoms with Gasteiger partial charge in [0.1, 0.15) is 0 Å². The molecule has 25 heavy (non-hydrogen) atoms. The molecule has 0 spiro atoms. The number of carbonyl (C=O) groups is 1. The molecule has 1 aromatic carbocycles. The van der Waals surface area contributed by atoms with Gasteiger partial charge in [0, 0.05) is 24.0 Å². The largest absolute Gasteiger partial charge is 0.470 e. The highest BCUT2D eigenvalue weighted by Gasteiger charge is 2.39. The number of aromatic nitrogens is 2. The van der Waals surface area contributed by atoms with Gasteiger partial charge in [0.15, 0.2) is 0 Å². The Balaban J connectivity index is 1.57. The van der Waals surface area contributed by atoms with E-state index in [1.165, 1.54) is 0 Å². The van der Waals surface area contributed by atoms with E-state index >= 15 is 0 Å². The molecule has 0 atom stereocenters. The summed E-state index contributed by atoms with van der Waals surface area (Å²) < 4.78 is 42.3. The average molecular weight is 374 g/mol. The number of piperidine rings is 1. The van der Waals surface area contributed by atoms with E-state index in [1.54, 1.807) is 23.1 Å². The van der Waals surface area contributed by atoms with Crippen LogP contribution in [0.5, 0.6) is 0 Å². The smallest absolute Gasteiger partial charge is 0.417 e. The van der Waals surface area contributed by atoms with E-state index in [0.717, 1.165) is 5.56 Å². The Kier molecular flexibility index (Phi) is 4.99. The highest BCUT2D eigenvalue weighted by Crippen LogP contribution is 2.32. The maximum atomic E-state index is 12.5. The van der Waals surface area contributed by atoms with E-state index in [4.69, 9.17) is 16.0 Å². The molecule has 134 valence electrons. The van der Waals surface area contributed by atoms with Crippen molar-refractivity contribution in [3.05, 3.63) is 46.6 Å². The van der Waals surface area contributed by atoms with Gasteiger partial charge in [0.25, 0.3) is 0 Å². The van der Waals surface area contributed by atoms with Crippen molar-refractivity contribution in [2.24, 2.45) is 0 Å². The van der Waals surface area contributed by atoms with Crippen LogP contribution in [0, 0.1) is 0 Å². The van der Waals surface area contributed by atoms with Gasteiger partial charge in [0.2, 0.25) is 11.8 Å². The summed E-state index contributed by atoms with van der Waals surface area (Å²) in [6.07, 6.45) is -3.48. The second kappa shape index (κ2) is 7.03. The first kappa shape index (κ1) is 17.7. The first-order chi connectivity index (χ1) is 11.8. The molecule has 0 radical (unpaired) electrons. The van der Waals surface area contributed by atoms with Crippen molar-refractivity contribution in [3.63, 3.8) is 0 Å². The van der Waals surface area contributed by atoms with Crippen molar-refractivity contribution < 1.29 is 22.4 Å². The van der Waals surface area contributed by atoms with Crippen LogP contribution in [0.3, 0.4) is 0 Å². The molecule has 1 saturated heterocycles. The van der Waals surface area contributed by atoms with Crippen LogP contribution in [0.15, 0.2) is 28.7 Å². The molecular weight excluding hydrogens is 359 g/mol. The maximum Gasteiger partial charge on any atom is 0.470 e. The number of likely N-dealkylation sites (tertiary alicyclic amines) is 1. The van der Waals surface area contributed by atoms with Crippen LogP contribution in [0.2, 0.25) is 5.02 Å². The van der Waals surface area contributed by atoms with Crippen molar-refractivity contribution in [2.75, 3.05) is 13.1 Å². The predicted molar refractivity (Wildman–Crippen MR) is 83.0 cm³/mol. The molecule has 1 aliphatic rings. The third kappa shape index (κ3) is 4.12. The first-order valence-electron chi connectivity index (χ1n) is 7.76. The van der Waals surface area contributed by atoms with E-state index in [1.807, 2.05) is 6.07 Å². The number of hydrogen-bond donors (Lipinski definition) is 0. The van der Waals surface area contributed by atoms with E-state index in [0.29, 0.717) is 31.0 Å². The summed E-state index contributed by atoms with van der Waals surface area (Å²) in [6.45, 7) is 0.857. The zero-order valence-corrected chi connectivity index (χ0v) is 13.8. The molecule has 3 rings (SSSR count). The van der Waals surface area contributed by atoms with Crippen LogP contribution in [0.1, 0.15) is 36.1 Å². The van der Waals surface area contributed by atoms with Crippen LogP contribution < -0.4 is 0 Å². The van der Waals surface area contributed by atoms with Gasteiger partial charge >= 0.3 is 12.1 Å². The van der Waals surface area contributed by atoms with Crippen molar-refractivity contribution in [2.45, 2.75) is 31.4 Å². The summed E-state index contributed by atoms with van der Waals surface area (Å²) in [5.41, 5.74) is 0.753. The molecule has 1 aromatic heterocycles. The minimum absolute atomic E-state index is 0.0227. The number of nitrogens with zero attached hydrogens (tertiary/aromatic N) is 3. The fourth-order valence-corrected chi connectivity index (χ4v) is 3.01. The van der Waals surface area contributed by atoms with Crippen LogP contribution in [0.25, 0.3) is 0 Å². The molecular formula is C16H15ClF3N3O2. The number of rotatable bonds is 3. The molecule has 0 aliphatic carbocycles. The van der Waals surface area contributed by atoms with Gasteiger partial charge in [-0.05, 0) is 24.5 Å². The van der Waals surface area contributed by atoms with Gasteiger partial charge in [-0.3, -0.25) is 4.79 Å². The Labute approximate surface area is 146 Å². The lowest BCUT2D eigenvalue weighted by molar-refractivity contribution is -0.157. The molecule has 1 aliphatic heterocycles. The average Bonchev–Trinajstić information content (AvgIpc) is 3.07. The second-order valence-corrected chi connectivity index (χ2v) is 6.27. The standard InChI is InChI=1S/C16H15ClF3N3O2/c17-12-4-2-1-3-11(12)9-13(24)23-7-5-10(6-8-23)14-21-22-15(25-14)16(18,19)20/h1-4,10H,5-9H2. The molecule has 0 unspecified atom stereocenters. The summed E-state index contributed by atoms with van der Waals surface area (Å²) in [7, 11) is 0. The van der Waals surface area contributed by atoms with E-state index in [9.17, 15) is 18.0 Å². The van der Waals surface area contributed by atoms with Crippen molar-refractivity contribution in [1.29, 1.82) is 0 Å². The van der Waals surface area contributed by atoms with E-state index in [2.05, 4.69) is 10.2 Å². The first-order valence-corrected chi connectivity index (χ1v) is 8.14. The lowest BCUT2D eigenvalue weighted by Crippen LogP contribution is -2.38. The Morgan fingerprint density at radius 3 is 2.52 bits per heavy atom. The SMILES string of the molecule is O=C(Cc1ccccc1Cl)N1CCC(c2nnc(C(F)(F)F)o2)CC1. The molecule has 1 amide bonds. The van der Waals surface area contributed by atoms with Crippen molar-refractivity contribution in [3.8, 4) is 0 Å². The number of hydrogen-bond acceptors (Lipinski definition) is 4. The minimum atomic E-state index is -4.64. The fraction of sp³-hybridized carbons (Fsp3) is 0.438. The van der Waals surface area contributed by atoms with E-state index in [-0.39, 0.29) is 24.1 Å². The van der Waals surface area contributed by atoms with Crippen LogP contribution in [-0.4, -0.2) is 34.1 Å². The van der Waals surface area contributed by atoms with E-state index < -0.39 is 12.1 Å². The summed E-state index contributed by atoms with van der Waals surface area (Å²) in [4.78, 5) is 14.0. The van der Waals surface area contributed by atoms with Crippen molar-refractivity contribution in [1.82, 2.24) is 15.1 Å². The number of amides is 1. The Morgan fingerprint density at radius 1 is 1.24 bits per heavy atom. The molecule has 0 saturated carbocycles. The fourth-order valence-electron chi connectivity index (χ4n) is 2.81. The van der Waals surface area contributed by atoms with Gasteiger partial charge < -0.3 is 9.32 Å².